The number of carbonyl (C=O) groups is 1. The molecule has 0 spiro atoms. The minimum atomic E-state index is -0.228. The van der Waals surface area contributed by atoms with Gasteiger partial charge < -0.3 is 5.32 Å². The van der Waals surface area contributed by atoms with Gasteiger partial charge in [-0.1, -0.05) is 37.8 Å². The van der Waals surface area contributed by atoms with Crippen LogP contribution in [0.4, 0.5) is 5.69 Å². The zero-order valence-electron chi connectivity index (χ0n) is 10.0. The summed E-state index contributed by atoms with van der Waals surface area (Å²) in [5, 5.41) is 3.33. The summed E-state index contributed by atoms with van der Waals surface area (Å²) in [4.78, 5) is 16.1. The van der Waals surface area contributed by atoms with E-state index in [1.807, 2.05) is 6.92 Å². The molecule has 0 aromatic carbocycles. The largest absolute Gasteiger partial charge is 0.325 e. The summed E-state index contributed by atoms with van der Waals surface area (Å²) in [6, 6.07) is 3.43. The third-order valence-electron chi connectivity index (χ3n) is 3.49. The van der Waals surface area contributed by atoms with Crippen LogP contribution < -0.4 is 5.32 Å². The first-order valence-corrected chi connectivity index (χ1v) is 6.41. The molecule has 92 valence electrons. The standard InChI is InChI=1S/C13H17ClN2O/c1-13(6-3-2-4-7-13)12(17)16-10-5-8-15-11(14)9-10/h5,8-9H,2-4,6-7H2,1H3,(H,15,16,17). The van der Waals surface area contributed by atoms with Crippen molar-refractivity contribution >= 4 is 23.2 Å². The molecule has 1 aliphatic carbocycles. The van der Waals surface area contributed by atoms with E-state index < -0.39 is 0 Å². The Labute approximate surface area is 107 Å². The van der Waals surface area contributed by atoms with Crippen LogP contribution in [0, 0.1) is 5.41 Å². The van der Waals surface area contributed by atoms with Crippen LogP contribution in [0.15, 0.2) is 18.3 Å². The molecule has 1 aromatic rings. The van der Waals surface area contributed by atoms with Crippen molar-refractivity contribution in [2.75, 3.05) is 5.32 Å². The average Bonchev–Trinajstić information content (AvgIpc) is 2.30. The Balaban J connectivity index is 2.05. The normalized spacial score (nSPS) is 18.7. The predicted octanol–water partition coefficient (Wildman–Crippen LogP) is 3.64. The molecule has 1 N–H and O–H groups in total. The maximum atomic E-state index is 12.2. The lowest BCUT2D eigenvalue weighted by molar-refractivity contribution is -0.126. The minimum absolute atomic E-state index is 0.0967. The van der Waals surface area contributed by atoms with Gasteiger partial charge >= 0.3 is 0 Å². The Morgan fingerprint density at radius 3 is 2.76 bits per heavy atom. The van der Waals surface area contributed by atoms with Crippen LogP contribution >= 0.6 is 11.6 Å². The van der Waals surface area contributed by atoms with Crippen LogP contribution in [0.25, 0.3) is 0 Å². The second-order valence-corrected chi connectivity index (χ2v) is 5.33. The summed E-state index contributed by atoms with van der Waals surface area (Å²) in [6.45, 7) is 2.05. The molecule has 1 amide bonds. The first-order chi connectivity index (χ1) is 8.10. The highest BCUT2D eigenvalue weighted by atomic mass is 35.5. The van der Waals surface area contributed by atoms with Crippen LogP contribution in [-0.2, 0) is 4.79 Å². The second-order valence-electron chi connectivity index (χ2n) is 4.94. The third-order valence-corrected chi connectivity index (χ3v) is 3.70. The number of anilines is 1. The summed E-state index contributed by atoms with van der Waals surface area (Å²) in [5.74, 6) is 0.0967. The average molecular weight is 253 g/mol. The van der Waals surface area contributed by atoms with E-state index in [1.54, 1.807) is 18.3 Å². The molecule has 1 aliphatic rings. The molecule has 1 heterocycles. The first kappa shape index (κ1) is 12.4. The quantitative estimate of drug-likeness (QED) is 0.817. The molecule has 0 unspecified atom stereocenters. The van der Waals surface area contributed by atoms with Gasteiger partial charge in [-0.2, -0.15) is 0 Å². The van der Waals surface area contributed by atoms with Gasteiger partial charge in [-0.3, -0.25) is 4.79 Å². The van der Waals surface area contributed by atoms with Crippen LogP contribution in [0.5, 0.6) is 0 Å². The van der Waals surface area contributed by atoms with E-state index in [0.29, 0.717) is 5.15 Å². The number of amides is 1. The van der Waals surface area contributed by atoms with Gasteiger partial charge in [0.05, 0.1) is 0 Å². The van der Waals surface area contributed by atoms with Crippen molar-refractivity contribution in [1.82, 2.24) is 4.98 Å². The van der Waals surface area contributed by atoms with Crippen molar-refractivity contribution in [3.05, 3.63) is 23.5 Å². The lowest BCUT2D eigenvalue weighted by Crippen LogP contribution is -2.35. The molecule has 0 atom stereocenters. The van der Waals surface area contributed by atoms with Crippen LogP contribution in [0.3, 0.4) is 0 Å². The van der Waals surface area contributed by atoms with Crippen molar-refractivity contribution in [2.45, 2.75) is 39.0 Å². The number of carbonyl (C=O) groups excluding carboxylic acids is 1. The zero-order chi connectivity index (χ0) is 12.3. The maximum Gasteiger partial charge on any atom is 0.230 e. The molecule has 0 saturated heterocycles. The first-order valence-electron chi connectivity index (χ1n) is 6.03. The number of hydrogen-bond acceptors (Lipinski definition) is 2. The molecule has 0 bridgehead atoms. The molecule has 17 heavy (non-hydrogen) atoms. The highest BCUT2D eigenvalue weighted by Crippen LogP contribution is 2.36. The van der Waals surface area contributed by atoms with Gasteiger partial charge in [0.15, 0.2) is 0 Å². The Bertz CT molecular complexity index is 414. The number of rotatable bonds is 2. The molecular formula is C13H17ClN2O. The van der Waals surface area contributed by atoms with Crippen molar-refractivity contribution in [3.8, 4) is 0 Å². The summed E-state index contributed by atoms with van der Waals surface area (Å²) < 4.78 is 0. The minimum Gasteiger partial charge on any atom is -0.325 e. The van der Waals surface area contributed by atoms with Gasteiger partial charge in [-0.15, -0.1) is 0 Å². The van der Waals surface area contributed by atoms with Gasteiger partial charge in [0, 0.05) is 17.3 Å². The topological polar surface area (TPSA) is 42.0 Å². The third kappa shape index (κ3) is 2.97. The zero-order valence-corrected chi connectivity index (χ0v) is 10.8. The fourth-order valence-electron chi connectivity index (χ4n) is 2.32. The molecule has 1 saturated carbocycles. The molecule has 4 heteroatoms. The SMILES string of the molecule is CC1(C(=O)Nc2ccnc(Cl)c2)CCCCC1. The number of nitrogens with one attached hydrogen (secondary N) is 1. The molecule has 1 aromatic heterocycles. The monoisotopic (exact) mass is 252 g/mol. The van der Waals surface area contributed by atoms with Gasteiger partial charge in [0.25, 0.3) is 0 Å². The van der Waals surface area contributed by atoms with Crippen molar-refractivity contribution in [1.29, 1.82) is 0 Å². The fraction of sp³-hybridized carbons (Fsp3) is 0.538. The van der Waals surface area contributed by atoms with Crippen LogP contribution in [0.1, 0.15) is 39.0 Å². The highest BCUT2D eigenvalue weighted by molar-refractivity contribution is 6.29. The van der Waals surface area contributed by atoms with E-state index in [0.717, 1.165) is 31.4 Å². The molecule has 1 fully saturated rings. The lowest BCUT2D eigenvalue weighted by Gasteiger charge is -2.31. The van der Waals surface area contributed by atoms with Gasteiger partial charge in [0.1, 0.15) is 5.15 Å². The van der Waals surface area contributed by atoms with Gasteiger partial charge in [-0.25, -0.2) is 4.98 Å². The maximum absolute atomic E-state index is 12.2. The van der Waals surface area contributed by atoms with E-state index in [-0.39, 0.29) is 11.3 Å². The number of hydrogen-bond donors (Lipinski definition) is 1. The lowest BCUT2D eigenvalue weighted by atomic mass is 9.75. The van der Waals surface area contributed by atoms with Crippen molar-refractivity contribution in [2.24, 2.45) is 5.41 Å². The molecular weight excluding hydrogens is 236 g/mol. The summed E-state index contributed by atoms with van der Waals surface area (Å²) >= 11 is 5.79. The van der Waals surface area contributed by atoms with E-state index in [1.165, 1.54) is 6.42 Å². The Morgan fingerprint density at radius 2 is 2.12 bits per heavy atom. The van der Waals surface area contributed by atoms with E-state index in [4.69, 9.17) is 11.6 Å². The molecule has 2 rings (SSSR count). The predicted molar refractivity (Wildman–Crippen MR) is 69.1 cm³/mol. The van der Waals surface area contributed by atoms with E-state index >= 15 is 0 Å². The summed E-state index contributed by atoms with van der Waals surface area (Å²) in [5.41, 5.74) is 0.496. The smallest absolute Gasteiger partial charge is 0.230 e. The van der Waals surface area contributed by atoms with Crippen LogP contribution in [0.2, 0.25) is 5.15 Å². The van der Waals surface area contributed by atoms with Crippen LogP contribution in [-0.4, -0.2) is 10.9 Å². The molecule has 0 radical (unpaired) electrons. The molecule has 3 nitrogen and oxygen atoms in total. The number of nitrogens with zero attached hydrogens (tertiary/aromatic N) is 1. The Hall–Kier alpha value is -1.09. The Kier molecular flexibility index (Phi) is 3.67. The van der Waals surface area contributed by atoms with E-state index in [9.17, 15) is 4.79 Å². The number of halogens is 1. The van der Waals surface area contributed by atoms with E-state index in [2.05, 4.69) is 10.3 Å². The van der Waals surface area contributed by atoms with Crippen molar-refractivity contribution in [3.63, 3.8) is 0 Å². The van der Waals surface area contributed by atoms with Gasteiger partial charge in [-0.05, 0) is 25.0 Å². The highest BCUT2D eigenvalue weighted by Gasteiger charge is 2.34. The fourth-order valence-corrected chi connectivity index (χ4v) is 2.50. The van der Waals surface area contributed by atoms with Gasteiger partial charge in [0.2, 0.25) is 5.91 Å². The number of pyridine rings is 1. The van der Waals surface area contributed by atoms with Crippen molar-refractivity contribution < 1.29 is 4.79 Å². The Morgan fingerprint density at radius 1 is 1.41 bits per heavy atom. The summed E-state index contributed by atoms with van der Waals surface area (Å²) in [7, 11) is 0. The molecule has 0 aliphatic heterocycles. The number of aromatic nitrogens is 1. The second kappa shape index (κ2) is 5.05. The summed E-state index contributed by atoms with van der Waals surface area (Å²) in [6.07, 6.45) is 7.06.